The van der Waals surface area contributed by atoms with E-state index in [1.54, 1.807) is 0 Å². The van der Waals surface area contributed by atoms with Crippen LogP contribution in [0.25, 0.3) is 10.8 Å². The van der Waals surface area contributed by atoms with Crippen LogP contribution in [0.1, 0.15) is 10.4 Å². The molecule has 0 heterocycles. The average molecular weight is 476 g/mol. The van der Waals surface area contributed by atoms with Gasteiger partial charge in [-0.25, -0.2) is 13.2 Å². The van der Waals surface area contributed by atoms with Gasteiger partial charge in [-0.1, -0.05) is 17.9 Å². The molecule has 0 saturated heterocycles. The molecule has 0 spiro atoms. The third-order valence-electron chi connectivity index (χ3n) is 4.04. The van der Waals surface area contributed by atoms with Crippen LogP contribution in [0.4, 0.5) is 22.7 Å². The van der Waals surface area contributed by atoms with Crippen LogP contribution in [-0.4, -0.2) is 29.0 Å². The average Bonchev–Trinajstić information content (AvgIpc) is 2.66. The number of carboxylic acids is 1. The summed E-state index contributed by atoms with van der Waals surface area (Å²) in [7, 11) is -4.95. The summed E-state index contributed by atoms with van der Waals surface area (Å²) in [6.45, 7) is 0. The number of benzene rings is 3. The molecule has 3 aromatic rings. The molecule has 0 unspecified atom stereocenters. The number of nitrogens with two attached hydrogens (primary N) is 1. The van der Waals surface area contributed by atoms with E-state index in [4.69, 9.17) is 5.73 Å². The van der Waals surface area contributed by atoms with Gasteiger partial charge in [0.1, 0.15) is 21.5 Å². The number of aromatic carboxylic acids is 1. The van der Waals surface area contributed by atoms with Crippen LogP contribution < -0.4 is 70.0 Å². The van der Waals surface area contributed by atoms with Crippen molar-refractivity contribution in [3.8, 4) is 5.75 Å². The number of carboxylic acid groups (broad SMARTS) is 1. The Morgan fingerprint density at radius 1 is 1.03 bits per heavy atom. The van der Waals surface area contributed by atoms with Crippen LogP contribution in [0.2, 0.25) is 0 Å². The second-order valence-electron chi connectivity index (χ2n) is 5.94. The van der Waals surface area contributed by atoms with Gasteiger partial charge in [-0.05, 0) is 23.6 Å². The van der Waals surface area contributed by atoms with E-state index in [1.807, 2.05) is 0 Å². The quantitative estimate of drug-likeness (QED) is 0.0929. The minimum atomic E-state index is -4.95. The molecule has 0 bridgehead atoms. The van der Waals surface area contributed by atoms with Crippen molar-refractivity contribution in [3.63, 3.8) is 0 Å². The molecule has 0 aromatic heterocycles. The van der Waals surface area contributed by atoms with E-state index < -0.39 is 42.9 Å². The first kappa shape index (κ1) is 27.9. The van der Waals surface area contributed by atoms with Crippen molar-refractivity contribution in [1.29, 1.82) is 0 Å². The van der Waals surface area contributed by atoms with Crippen LogP contribution in [0.3, 0.4) is 0 Å². The Hall–Kier alpha value is -2.10. The molecule has 0 atom stereocenters. The molecule has 32 heavy (non-hydrogen) atoms. The predicted molar refractivity (Wildman–Crippen MR) is 100 cm³/mol. The minimum absolute atomic E-state index is 0. The van der Waals surface area contributed by atoms with E-state index in [-0.39, 0.29) is 86.9 Å². The van der Waals surface area contributed by atoms with Gasteiger partial charge in [-0.2, -0.15) is 0 Å². The summed E-state index contributed by atoms with van der Waals surface area (Å²) >= 11 is 0. The first-order valence-corrected chi connectivity index (χ1v) is 9.32. The van der Waals surface area contributed by atoms with Crippen molar-refractivity contribution in [1.82, 2.24) is 0 Å². The van der Waals surface area contributed by atoms with Gasteiger partial charge in [-0.3, -0.25) is 10.1 Å². The Morgan fingerprint density at radius 2 is 1.69 bits per heavy atom. The number of carbonyl (C=O) groups is 1. The fraction of sp³-hybridized carbons (Fsp3) is 0. The fourth-order valence-corrected chi connectivity index (χ4v) is 3.15. The van der Waals surface area contributed by atoms with Gasteiger partial charge < -0.3 is 20.5 Å². The number of non-ortho nitro benzene ring substituents is 1. The number of fused-ring (bicyclic) bond motifs is 1. The molecule has 0 radical (unpaired) electrons. The SMILES string of the molecule is Nc1ccc2c([O-])cc(S(=O)(=O)[O-])cc2c1N=Nc1ccc([N+](=O)[O-])cc1C(=O)O.[Na+].[Na+]. The second kappa shape index (κ2) is 10.7. The molecule has 15 heteroatoms. The van der Waals surface area contributed by atoms with Crippen molar-refractivity contribution in [2.45, 2.75) is 4.90 Å². The molecule has 0 amide bonds. The van der Waals surface area contributed by atoms with Crippen molar-refractivity contribution >= 4 is 49.6 Å². The van der Waals surface area contributed by atoms with Crippen LogP contribution in [-0.2, 0) is 10.1 Å². The first-order valence-electron chi connectivity index (χ1n) is 7.91. The minimum Gasteiger partial charge on any atom is -0.872 e. The number of nitro benzene ring substituents is 1. The van der Waals surface area contributed by atoms with Gasteiger partial charge in [0.15, 0.2) is 0 Å². The van der Waals surface area contributed by atoms with E-state index in [9.17, 15) is 38.1 Å². The Balaban J connectivity index is 0.00000256. The van der Waals surface area contributed by atoms with Gasteiger partial charge in [0.25, 0.3) is 5.69 Å². The zero-order chi connectivity index (χ0) is 22.2. The van der Waals surface area contributed by atoms with Crippen molar-refractivity contribution in [3.05, 3.63) is 58.1 Å². The number of nitrogens with zero attached hydrogens (tertiary/aromatic N) is 3. The topological polar surface area (TPSA) is 211 Å². The molecule has 3 aromatic carbocycles. The number of nitro groups is 1. The summed E-state index contributed by atoms with van der Waals surface area (Å²) in [5.41, 5.74) is 4.38. The third-order valence-corrected chi connectivity index (χ3v) is 4.85. The van der Waals surface area contributed by atoms with Gasteiger partial charge in [0.2, 0.25) is 0 Å². The fourth-order valence-electron chi connectivity index (χ4n) is 2.63. The maximum Gasteiger partial charge on any atom is 1.00 e. The Kier molecular flexibility index (Phi) is 9.32. The molecular weight excluding hydrogens is 466 g/mol. The first-order chi connectivity index (χ1) is 14.0. The second-order valence-corrected chi connectivity index (χ2v) is 7.32. The molecule has 0 aliphatic heterocycles. The summed E-state index contributed by atoms with van der Waals surface area (Å²) in [4.78, 5) is 20.7. The van der Waals surface area contributed by atoms with E-state index in [0.717, 1.165) is 24.3 Å². The maximum absolute atomic E-state index is 12.2. The van der Waals surface area contributed by atoms with E-state index >= 15 is 0 Å². The predicted octanol–water partition coefficient (Wildman–Crippen LogP) is -3.57. The molecular formula is C17H10N4Na2O8S. The van der Waals surface area contributed by atoms with Crippen molar-refractivity contribution in [2.24, 2.45) is 10.2 Å². The van der Waals surface area contributed by atoms with Crippen molar-refractivity contribution in [2.75, 3.05) is 5.73 Å². The number of nitrogen functional groups attached to an aromatic ring is 1. The number of anilines is 1. The molecule has 154 valence electrons. The molecule has 3 rings (SSSR count). The van der Waals surface area contributed by atoms with Gasteiger partial charge in [-0.15, -0.1) is 10.2 Å². The van der Waals surface area contributed by atoms with Crippen molar-refractivity contribution < 1.29 is 92.0 Å². The van der Waals surface area contributed by atoms with Gasteiger partial charge >= 0.3 is 65.1 Å². The number of azo groups is 1. The van der Waals surface area contributed by atoms with E-state index in [0.29, 0.717) is 6.07 Å². The number of hydrogen-bond donors (Lipinski definition) is 2. The third kappa shape index (κ3) is 5.82. The standard InChI is InChI=1S/C17H12N4O8S.2Na/c18-13-3-2-10-11(6-9(7-15(10)22)30(27,28)29)16(13)20-19-14-4-1-8(21(25)26)5-12(14)17(23)24;;/h1-7,22H,18H2,(H,23,24)(H,27,28,29);;/q;2*+1/p-2. The molecule has 0 aliphatic carbocycles. The summed E-state index contributed by atoms with van der Waals surface area (Å²) in [5.74, 6) is -2.26. The zero-order valence-electron chi connectivity index (χ0n) is 16.7. The van der Waals surface area contributed by atoms with Gasteiger partial charge in [0.05, 0.1) is 21.1 Å². The molecule has 3 N–H and O–H groups in total. The summed E-state index contributed by atoms with van der Waals surface area (Å²) < 4.78 is 33.9. The van der Waals surface area contributed by atoms with Gasteiger partial charge in [0, 0.05) is 17.5 Å². The van der Waals surface area contributed by atoms with Crippen LogP contribution >= 0.6 is 0 Å². The summed E-state index contributed by atoms with van der Waals surface area (Å²) in [6.07, 6.45) is 0. The summed E-state index contributed by atoms with van der Waals surface area (Å²) in [6, 6.07) is 7.06. The smallest absolute Gasteiger partial charge is 0.872 e. The maximum atomic E-state index is 12.2. The molecule has 0 saturated carbocycles. The molecule has 0 aliphatic rings. The van der Waals surface area contributed by atoms with Crippen LogP contribution in [0, 0.1) is 10.1 Å². The van der Waals surface area contributed by atoms with E-state index in [1.165, 1.54) is 12.1 Å². The largest absolute Gasteiger partial charge is 1.00 e. The number of rotatable bonds is 5. The normalized spacial score (nSPS) is 11.0. The monoisotopic (exact) mass is 476 g/mol. The zero-order valence-corrected chi connectivity index (χ0v) is 21.5. The van der Waals surface area contributed by atoms with Crippen LogP contribution in [0.15, 0.2) is 57.6 Å². The Labute approximate surface area is 224 Å². The number of hydrogen-bond acceptors (Lipinski definition) is 10. The summed E-state index contributed by atoms with van der Waals surface area (Å²) in [5, 5.41) is 39.8. The molecule has 0 fully saturated rings. The molecule has 12 nitrogen and oxygen atoms in total. The Bertz CT molecular complexity index is 1360. The van der Waals surface area contributed by atoms with Crippen LogP contribution in [0.5, 0.6) is 5.75 Å². The van der Waals surface area contributed by atoms with E-state index in [2.05, 4.69) is 10.2 Å². The Morgan fingerprint density at radius 3 is 2.25 bits per heavy atom.